The van der Waals surface area contributed by atoms with Gasteiger partial charge in [-0.25, -0.2) is 9.97 Å². The zero-order chi connectivity index (χ0) is 9.80. The van der Waals surface area contributed by atoms with E-state index in [1.807, 2.05) is 6.07 Å². The van der Waals surface area contributed by atoms with Crippen LogP contribution in [0.15, 0.2) is 18.6 Å². The molecule has 0 amide bonds. The van der Waals surface area contributed by atoms with Crippen LogP contribution < -0.4 is 4.90 Å². The van der Waals surface area contributed by atoms with Gasteiger partial charge >= 0.3 is 0 Å². The molecule has 1 aromatic heterocycles. The lowest BCUT2D eigenvalue weighted by molar-refractivity contribution is 0.0982. The lowest BCUT2D eigenvalue weighted by Gasteiger charge is -2.32. The highest BCUT2D eigenvalue weighted by atomic mass is 32.2. The van der Waals surface area contributed by atoms with E-state index in [-0.39, 0.29) is 5.44 Å². The van der Waals surface area contributed by atoms with Crippen LogP contribution in [0, 0.1) is 0 Å². The fourth-order valence-electron chi connectivity index (χ4n) is 1.44. The van der Waals surface area contributed by atoms with Gasteiger partial charge in [-0.2, -0.15) is 0 Å². The van der Waals surface area contributed by atoms with Gasteiger partial charge in [0.05, 0.1) is 13.2 Å². The number of nitrogens with zero attached hydrogens (tertiary/aromatic N) is 3. The third-order valence-corrected chi connectivity index (χ3v) is 3.00. The molecule has 1 unspecified atom stereocenters. The van der Waals surface area contributed by atoms with Gasteiger partial charge in [0.15, 0.2) is 0 Å². The highest BCUT2D eigenvalue weighted by Gasteiger charge is 2.19. The molecule has 0 spiro atoms. The predicted molar refractivity (Wildman–Crippen MR) is 57.5 cm³/mol. The second-order valence-electron chi connectivity index (χ2n) is 3.05. The highest BCUT2D eigenvalue weighted by Crippen LogP contribution is 2.18. The topological polar surface area (TPSA) is 38.2 Å². The second kappa shape index (κ2) is 4.61. The van der Waals surface area contributed by atoms with E-state index in [9.17, 15) is 0 Å². The first-order valence-corrected chi connectivity index (χ1v) is 5.84. The summed E-state index contributed by atoms with van der Waals surface area (Å²) in [4.78, 5) is 10.4. The Labute approximate surface area is 87.7 Å². The average Bonchev–Trinajstić information content (AvgIpc) is 2.30. The van der Waals surface area contributed by atoms with E-state index < -0.39 is 0 Å². The molecule has 0 N–H and O–H groups in total. The minimum absolute atomic E-state index is 0.263. The van der Waals surface area contributed by atoms with Gasteiger partial charge in [0, 0.05) is 12.7 Å². The van der Waals surface area contributed by atoms with Gasteiger partial charge in [-0.3, -0.25) is 0 Å². The van der Waals surface area contributed by atoms with Crippen LogP contribution in [0.25, 0.3) is 0 Å². The van der Waals surface area contributed by atoms with Crippen LogP contribution in [0.5, 0.6) is 0 Å². The molecule has 1 atom stereocenters. The number of hydrogen-bond donors (Lipinski definition) is 0. The van der Waals surface area contributed by atoms with Crippen molar-refractivity contribution in [1.29, 1.82) is 0 Å². The molecule has 0 bridgehead atoms. The van der Waals surface area contributed by atoms with Gasteiger partial charge in [-0.15, -0.1) is 11.8 Å². The summed E-state index contributed by atoms with van der Waals surface area (Å²) in [5.41, 5.74) is 0.263. The monoisotopic (exact) mass is 211 g/mol. The summed E-state index contributed by atoms with van der Waals surface area (Å²) in [6.45, 7) is 2.59. The van der Waals surface area contributed by atoms with Gasteiger partial charge in [-0.1, -0.05) is 0 Å². The van der Waals surface area contributed by atoms with Crippen molar-refractivity contribution in [2.45, 2.75) is 5.44 Å². The van der Waals surface area contributed by atoms with Crippen molar-refractivity contribution in [3.8, 4) is 0 Å². The standard InChI is InChI=1S/C9H13N3OS/c1-14-9-6-12(4-5-13-9)8-2-3-10-7-11-8/h2-3,7,9H,4-6H2,1H3. The van der Waals surface area contributed by atoms with Crippen LogP contribution in [0.3, 0.4) is 0 Å². The summed E-state index contributed by atoms with van der Waals surface area (Å²) in [5.74, 6) is 0.988. The van der Waals surface area contributed by atoms with Gasteiger partial charge in [0.2, 0.25) is 0 Å². The third-order valence-electron chi connectivity index (χ3n) is 2.19. The molecule has 5 heteroatoms. The summed E-state index contributed by atoms with van der Waals surface area (Å²) in [7, 11) is 0. The lowest BCUT2D eigenvalue weighted by atomic mass is 10.4. The molecule has 0 saturated carbocycles. The van der Waals surface area contributed by atoms with E-state index in [1.165, 1.54) is 0 Å². The normalized spacial score (nSPS) is 22.4. The van der Waals surface area contributed by atoms with E-state index >= 15 is 0 Å². The summed E-state index contributed by atoms with van der Waals surface area (Å²) < 4.78 is 5.56. The molecule has 2 heterocycles. The van der Waals surface area contributed by atoms with Crippen LogP contribution in [-0.4, -0.2) is 41.4 Å². The van der Waals surface area contributed by atoms with Crippen molar-refractivity contribution in [2.75, 3.05) is 30.9 Å². The van der Waals surface area contributed by atoms with Crippen molar-refractivity contribution >= 4 is 17.6 Å². The van der Waals surface area contributed by atoms with Crippen LogP contribution in [-0.2, 0) is 4.74 Å². The van der Waals surface area contributed by atoms with E-state index in [4.69, 9.17) is 4.74 Å². The minimum Gasteiger partial charge on any atom is -0.364 e. The molecule has 14 heavy (non-hydrogen) atoms. The summed E-state index contributed by atoms with van der Waals surface area (Å²) in [6.07, 6.45) is 5.42. The van der Waals surface area contributed by atoms with Gasteiger partial charge in [0.25, 0.3) is 0 Å². The first-order valence-electron chi connectivity index (χ1n) is 4.55. The van der Waals surface area contributed by atoms with E-state index in [1.54, 1.807) is 24.3 Å². The second-order valence-corrected chi connectivity index (χ2v) is 4.05. The Morgan fingerprint density at radius 2 is 2.57 bits per heavy atom. The van der Waals surface area contributed by atoms with Crippen molar-refractivity contribution < 1.29 is 4.74 Å². The van der Waals surface area contributed by atoms with Crippen molar-refractivity contribution in [2.24, 2.45) is 0 Å². The Kier molecular flexibility index (Phi) is 3.21. The maximum absolute atomic E-state index is 5.56. The Morgan fingerprint density at radius 3 is 3.29 bits per heavy atom. The lowest BCUT2D eigenvalue weighted by Crippen LogP contribution is -2.41. The van der Waals surface area contributed by atoms with Crippen molar-refractivity contribution in [3.63, 3.8) is 0 Å². The molecular weight excluding hydrogens is 198 g/mol. The van der Waals surface area contributed by atoms with Crippen LogP contribution in [0.1, 0.15) is 0 Å². The van der Waals surface area contributed by atoms with Gasteiger partial charge in [-0.05, 0) is 12.3 Å². The average molecular weight is 211 g/mol. The van der Waals surface area contributed by atoms with Crippen LogP contribution in [0.2, 0.25) is 0 Å². The van der Waals surface area contributed by atoms with Gasteiger partial charge in [0.1, 0.15) is 17.6 Å². The zero-order valence-electron chi connectivity index (χ0n) is 8.09. The third kappa shape index (κ3) is 2.16. The predicted octanol–water partition coefficient (Wildman–Crippen LogP) is 1.00. The zero-order valence-corrected chi connectivity index (χ0v) is 8.91. The Hall–Kier alpha value is -0.810. The number of morpholine rings is 1. The van der Waals surface area contributed by atoms with Crippen molar-refractivity contribution in [3.05, 3.63) is 18.6 Å². The number of hydrogen-bond acceptors (Lipinski definition) is 5. The molecule has 1 aliphatic rings. The Morgan fingerprint density at radius 1 is 1.64 bits per heavy atom. The maximum Gasteiger partial charge on any atom is 0.132 e. The molecular formula is C9H13N3OS. The number of aromatic nitrogens is 2. The van der Waals surface area contributed by atoms with E-state index in [2.05, 4.69) is 21.1 Å². The highest BCUT2D eigenvalue weighted by molar-refractivity contribution is 7.99. The molecule has 1 aliphatic heterocycles. The maximum atomic E-state index is 5.56. The first-order chi connectivity index (χ1) is 6.90. The summed E-state index contributed by atoms with van der Waals surface area (Å²) in [6, 6.07) is 1.93. The fraction of sp³-hybridized carbons (Fsp3) is 0.556. The molecule has 1 saturated heterocycles. The van der Waals surface area contributed by atoms with Crippen molar-refractivity contribution in [1.82, 2.24) is 9.97 Å². The first kappa shape index (κ1) is 9.73. The molecule has 76 valence electrons. The summed E-state index contributed by atoms with van der Waals surface area (Å²) in [5, 5.41) is 0. The molecule has 4 nitrogen and oxygen atoms in total. The molecule has 0 radical (unpaired) electrons. The summed E-state index contributed by atoms with van der Waals surface area (Å²) >= 11 is 1.74. The van der Waals surface area contributed by atoms with E-state index in [0.717, 1.165) is 25.5 Å². The molecule has 1 fully saturated rings. The number of rotatable bonds is 2. The number of ether oxygens (including phenoxy) is 1. The number of thioether (sulfide) groups is 1. The van der Waals surface area contributed by atoms with Gasteiger partial charge < -0.3 is 9.64 Å². The molecule has 2 rings (SSSR count). The molecule has 0 aromatic carbocycles. The quantitative estimate of drug-likeness (QED) is 0.729. The van der Waals surface area contributed by atoms with E-state index in [0.29, 0.717) is 0 Å². The largest absolute Gasteiger partial charge is 0.364 e. The minimum atomic E-state index is 0.263. The van der Waals surface area contributed by atoms with Crippen LogP contribution in [0.4, 0.5) is 5.82 Å². The molecule has 0 aliphatic carbocycles. The Bertz CT molecular complexity index is 283. The SMILES string of the molecule is CSC1CN(c2ccncn2)CCO1. The molecule has 1 aromatic rings. The smallest absolute Gasteiger partial charge is 0.132 e. The number of anilines is 1. The fourth-order valence-corrected chi connectivity index (χ4v) is 2.00. The Balaban J connectivity index is 2.04. The van der Waals surface area contributed by atoms with Crippen LogP contribution >= 0.6 is 11.8 Å².